The summed E-state index contributed by atoms with van der Waals surface area (Å²) < 4.78 is 20.1. The molecule has 0 unspecified atom stereocenters. The largest absolute Gasteiger partial charge is 0.507 e. The first-order valence-corrected chi connectivity index (χ1v) is 11.2. The van der Waals surface area contributed by atoms with E-state index in [-0.39, 0.29) is 29.1 Å². The van der Waals surface area contributed by atoms with E-state index in [4.69, 9.17) is 9.72 Å². The van der Waals surface area contributed by atoms with Crippen LogP contribution in [0, 0.1) is 25.6 Å². The van der Waals surface area contributed by atoms with Crippen LogP contribution in [-0.2, 0) is 4.74 Å². The van der Waals surface area contributed by atoms with Crippen LogP contribution < -0.4 is 4.90 Å². The minimum atomic E-state index is -0.575. The highest BCUT2D eigenvalue weighted by atomic mass is 19.1. The highest BCUT2D eigenvalue weighted by Crippen LogP contribution is 2.35. The fourth-order valence-electron chi connectivity index (χ4n) is 3.89. The van der Waals surface area contributed by atoms with Gasteiger partial charge in [0.1, 0.15) is 17.4 Å². The molecular weight excluding hydrogens is 423 g/mol. The minimum absolute atomic E-state index is 0.00412. The predicted molar refractivity (Wildman–Crippen MR) is 126 cm³/mol. The molecule has 7 nitrogen and oxygen atoms in total. The fraction of sp³-hybridized carbons (Fsp3) is 0.400. The zero-order chi connectivity index (χ0) is 23.7. The molecule has 1 amide bonds. The van der Waals surface area contributed by atoms with Crippen molar-refractivity contribution in [1.29, 1.82) is 0 Å². The van der Waals surface area contributed by atoms with Crippen molar-refractivity contribution >= 4 is 22.8 Å². The lowest BCUT2D eigenvalue weighted by atomic mass is 10.1. The van der Waals surface area contributed by atoms with Gasteiger partial charge < -0.3 is 19.6 Å². The van der Waals surface area contributed by atoms with Crippen molar-refractivity contribution in [2.75, 3.05) is 37.7 Å². The maximum absolute atomic E-state index is 14.7. The third-order valence-electron chi connectivity index (χ3n) is 5.76. The van der Waals surface area contributed by atoms with Crippen molar-refractivity contribution < 1.29 is 19.0 Å². The second kappa shape index (κ2) is 9.21. The average Bonchev–Trinajstić information content (AvgIpc) is 2.79. The van der Waals surface area contributed by atoms with Crippen LogP contribution in [0.3, 0.4) is 0 Å². The van der Waals surface area contributed by atoms with E-state index in [0.717, 1.165) is 10.9 Å². The van der Waals surface area contributed by atoms with Gasteiger partial charge in [-0.2, -0.15) is 0 Å². The van der Waals surface area contributed by atoms with Crippen molar-refractivity contribution in [1.82, 2.24) is 14.9 Å². The lowest BCUT2D eigenvalue weighted by molar-refractivity contribution is 0.0901. The van der Waals surface area contributed by atoms with Crippen LogP contribution in [0.15, 0.2) is 30.3 Å². The summed E-state index contributed by atoms with van der Waals surface area (Å²) in [6.45, 7) is 10.2. The van der Waals surface area contributed by atoms with Crippen molar-refractivity contribution in [3.05, 3.63) is 47.3 Å². The Labute approximate surface area is 192 Å². The number of hydrogen-bond donors (Lipinski definition) is 1. The van der Waals surface area contributed by atoms with Gasteiger partial charge in [0.05, 0.1) is 17.7 Å². The van der Waals surface area contributed by atoms with Gasteiger partial charge in [0.2, 0.25) is 0 Å². The number of anilines is 1. The first-order chi connectivity index (χ1) is 15.7. The van der Waals surface area contributed by atoms with E-state index in [1.54, 1.807) is 11.8 Å². The maximum atomic E-state index is 14.7. The Bertz CT molecular complexity index is 1190. The number of halogens is 1. The molecule has 2 heterocycles. The molecule has 0 radical (unpaired) electrons. The number of phenols is 1. The number of fused-ring (bicyclic) bond motifs is 1. The molecular formula is C25H29FN4O3. The smallest absolute Gasteiger partial charge is 0.409 e. The summed E-state index contributed by atoms with van der Waals surface area (Å²) in [6, 6.07) is 8.71. The van der Waals surface area contributed by atoms with Crippen molar-refractivity contribution in [2.24, 2.45) is 5.92 Å². The van der Waals surface area contributed by atoms with Crippen LogP contribution >= 0.6 is 0 Å². The van der Waals surface area contributed by atoms with E-state index in [1.807, 2.05) is 39.0 Å². The van der Waals surface area contributed by atoms with Gasteiger partial charge in [0.15, 0.2) is 5.82 Å². The van der Waals surface area contributed by atoms with Crippen LogP contribution in [0.1, 0.15) is 25.0 Å². The Morgan fingerprint density at radius 2 is 1.85 bits per heavy atom. The van der Waals surface area contributed by atoms with Gasteiger partial charge in [-0.05, 0) is 49.1 Å². The monoisotopic (exact) mass is 452 g/mol. The number of carbonyl (C=O) groups excluding carboxylic acids is 1. The molecule has 1 saturated heterocycles. The Morgan fingerprint density at radius 3 is 2.55 bits per heavy atom. The first kappa shape index (κ1) is 22.8. The Balaban J connectivity index is 1.69. The standard InChI is InChI=1S/C25H29FN4O3/c1-15(2)14-33-25(32)30-11-9-29(10-12-30)24-18-7-5-16(3)13-20(18)27-23(28-24)21-19(26)8-6-17(4)22(21)31/h5-8,13,15,31H,9-12,14H2,1-4H3. The molecule has 8 heteroatoms. The second-order valence-electron chi connectivity index (χ2n) is 8.92. The third-order valence-corrected chi connectivity index (χ3v) is 5.76. The number of nitrogens with zero attached hydrogens (tertiary/aromatic N) is 4. The normalized spacial score (nSPS) is 14.2. The number of carbonyl (C=O) groups is 1. The van der Waals surface area contributed by atoms with Crippen molar-refractivity contribution in [2.45, 2.75) is 27.7 Å². The number of ether oxygens (including phenoxy) is 1. The molecule has 0 spiro atoms. The molecule has 0 saturated carbocycles. The fourth-order valence-corrected chi connectivity index (χ4v) is 3.89. The second-order valence-corrected chi connectivity index (χ2v) is 8.92. The summed E-state index contributed by atoms with van der Waals surface area (Å²) in [5.41, 5.74) is 2.24. The quantitative estimate of drug-likeness (QED) is 0.620. The molecule has 4 rings (SSSR count). The molecule has 0 aliphatic carbocycles. The Hall–Kier alpha value is -3.42. The van der Waals surface area contributed by atoms with E-state index in [0.29, 0.717) is 49.7 Å². The number of aromatic hydroxyl groups is 1. The third kappa shape index (κ3) is 4.69. The Morgan fingerprint density at radius 1 is 1.12 bits per heavy atom. The van der Waals surface area contributed by atoms with Crippen LogP contribution in [0.4, 0.5) is 15.0 Å². The van der Waals surface area contributed by atoms with Crippen molar-refractivity contribution in [3.8, 4) is 17.1 Å². The van der Waals surface area contributed by atoms with Crippen LogP contribution in [0.2, 0.25) is 0 Å². The van der Waals surface area contributed by atoms with E-state index in [1.165, 1.54) is 12.1 Å². The molecule has 1 aromatic heterocycles. The number of benzene rings is 2. The summed E-state index contributed by atoms with van der Waals surface area (Å²) >= 11 is 0. The van der Waals surface area contributed by atoms with Crippen LogP contribution in [0.25, 0.3) is 22.3 Å². The van der Waals surface area contributed by atoms with Crippen LogP contribution in [-0.4, -0.2) is 58.9 Å². The molecule has 174 valence electrons. The van der Waals surface area contributed by atoms with Gasteiger partial charge in [-0.15, -0.1) is 0 Å². The number of aromatic nitrogens is 2. The molecule has 1 aliphatic rings. The summed E-state index contributed by atoms with van der Waals surface area (Å²) in [6.07, 6.45) is -0.307. The van der Waals surface area contributed by atoms with Crippen LogP contribution in [0.5, 0.6) is 5.75 Å². The molecule has 33 heavy (non-hydrogen) atoms. The SMILES string of the molecule is Cc1ccc2c(N3CCN(C(=O)OCC(C)C)CC3)nc(-c3c(F)ccc(C)c3O)nc2c1. The molecule has 0 bridgehead atoms. The zero-order valence-electron chi connectivity index (χ0n) is 19.4. The number of hydrogen-bond acceptors (Lipinski definition) is 6. The molecule has 0 atom stereocenters. The first-order valence-electron chi connectivity index (χ1n) is 11.2. The van der Waals surface area contributed by atoms with Gasteiger partial charge in [-0.25, -0.2) is 19.2 Å². The van der Waals surface area contributed by atoms with E-state index in [9.17, 15) is 14.3 Å². The number of aryl methyl sites for hydroxylation is 2. The Kier molecular flexibility index (Phi) is 6.35. The average molecular weight is 453 g/mol. The number of rotatable bonds is 4. The number of amides is 1. The lowest BCUT2D eigenvalue weighted by Crippen LogP contribution is -2.49. The maximum Gasteiger partial charge on any atom is 0.409 e. The summed E-state index contributed by atoms with van der Waals surface area (Å²) in [7, 11) is 0. The molecule has 2 aromatic carbocycles. The van der Waals surface area contributed by atoms with Gasteiger partial charge in [0, 0.05) is 31.6 Å². The zero-order valence-corrected chi connectivity index (χ0v) is 19.4. The number of piperazine rings is 1. The number of phenolic OH excluding ortho intramolecular Hbond substituents is 1. The molecule has 1 aliphatic heterocycles. The van der Waals surface area contributed by atoms with Gasteiger partial charge in [-0.1, -0.05) is 26.0 Å². The minimum Gasteiger partial charge on any atom is -0.507 e. The highest BCUT2D eigenvalue weighted by molar-refractivity contribution is 5.92. The van der Waals surface area contributed by atoms with Gasteiger partial charge in [-0.3, -0.25) is 0 Å². The highest BCUT2D eigenvalue weighted by Gasteiger charge is 2.26. The molecule has 1 N–H and O–H groups in total. The van der Waals surface area contributed by atoms with E-state index < -0.39 is 5.82 Å². The molecule has 3 aromatic rings. The summed E-state index contributed by atoms with van der Waals surface area (Å²) in [5.74, 6) is 0.341. The van der Waals surface area contributed by atoms with E-state index in [2.05, 4.69) is 9.88 Å². The summed E-state index contributed by atoms with van der Waals surface area (Å²) in [4.78, 5) is 25.4. The van der Waals surface area contributed by atoms with E-state index >= 15 is 0 Å². The predicted octanol–water partition coefficient (Wildman–Crippen LogP) is 4.67. The van der Waals surface area contributed by atoms with Gasteiger partial charge >= 0.3 is 6.09 Å². The topological polar surface area (TPSA) is 78.8 Å². The van der Waals surface area contributed by atoms with Crippen molar-refractivity contribution in [3.63, 3.8) is 0 Å². The molecule has 1 fully saturated rings. The summed E-state index contributed by atoms with van der Waals surface area (Å²) in [5, 5.41) is 11.4. The van der Waals surface area contributed by atoms with Gasteiger partial charge in [0.25, 0.3) is 0 Å². The lowest BCUT2D eigenvalue weighted by Gasteiger charge is -2.35.